The Morgan fingerprint density at radius 3 is 2.48 bits per heavy atom. The number of guanidine groups is 1. The van der Waals surface area contributed by atoms with E-state index in [2.05, 4.69) is 10.3 Å². The van der Waals surface area contributed by atoms with Crippen LogP contribution in [0, 0.1) is 0 Å². The number of hydrogen-bond donors (Lipinski definition) is 2. The monoisotopic (exact) mass is 354 g/mol. The third kappa shape index (κ3) is 4.81. The minimum atomic E-state index is 0.143. The molecule has 0 unspecified atom stereocenters. The van der Waals surface area contributed by atoms with Crippen molar-refractivity contribution in [3.63, 3.8) is 0 Å². The van der Waals surface area contributed by atoms with Crippen LogP contribution in [-0.2, 0) is 13.6 Å². The van der Waals surface area contributed by atoms with Crippen LogP contribution < -0.4 is 15.8 Å². The van der Waals surface area contributed by atoms with Gasteiger partial charge in [0.2, 0.25) is 0 Å². The molecule has 0 bridgehead atoms. The number of anilines is 1. The Hall–Kier alpha value is -1.85. The molecule has 0 amide bonds. The van der Waals surface area contributed by atoms with Gasteiger partial charge in [-0.2, -0.15) is 0 Å². The SMILES string of the molecule is CC(C)Oc1ccc(NC(N)=NCc2cc(Cl)c(Cl)n2C)cc1. The van der Waals surface area contributed by atoms with Crippen LogP contribution in [0.25, 0.3) is 0 Å². The van der Waals surface area contributed by atoms with Crippen LogP contribution >= 0.6 is 23.2 Å². The van der Waals surface area contributed by atoms with Crippen molar-refractivity contribution in [2.24, 2.45) is 17.8 Å². The topological polar surface area (TPSA) is 64.6 Å². The quantitative estimate of drug-likeness (QED) is 0.628. The lowest BCUT2D eigenvalue weighted by Crippen LogP contribution is -2.22. The molecule has 5 nitrogen and oxygen atoms in total. The standard InChI is InChI=1S/C16H20Cl2N4O/c1-10(2)23-13-6-4-11(5-7-13)21-16(19)20-9-12-8-14(17)15(18)22(12)3/h4-8,10H,9H2,1-3H3,(H3,19,20,21). The fourth-order valence-corrected chi connectivity index (χ4v) is 2.40. The average Bonchev–Trinajstić information content (AvgIpc) is 2.74. The highest BCUT2D eigenvalue weighted by molar-refractivity contribution is 6.41. The van der Waals surface area contributed by atoms with Gasteiger partial charge in [0, 0.05) is 18.4 Å². The Morgan fingerprint density at radius 2 is 1.96 bits per heavy atom. The van der Waals surface area contributed by atoms with Gasteiger partial charge in [0.1, 0.15) is 10.9 Å². The van der Waals surface area contributed by atoms with Crippen LogP contribution in [0.15, 0.2) is 35.3 Å². The van der Waals surface area contributed by atoms with E-state index < -0.39 is 0 Å². The first kappa shape index (κ1) is 17.5. The molecule has 0 aliphatic rings. The Kier molecular flexibility index (Phi) is 5.80. The average molecular weight is 355 g/mol. The summed E-state index contributed by atoms with van der Waals surface area (Å²) in [5.74, 6) is 1.13. The van der Waals surface area contributed by atoms with Gasteiger partial charge in [0.15, 0.2) is 5.96 Å². The summed E-state index contributed by atoms with van der Waals surface area (Å²) in [6, 6.07) is 9.31. The minimum Gasteiger partial charge on any atom is -0.491 e. The summed E-state index contributed by atoms with van der Waals surface area (Å²) in [5.41, 5.74) is 7.62. The number of rotatable bonds is 5. The summed E-state index contributed by atoms with van der Waals surface area (Å²) in [6.07, 6.45) is 0.143. The second-order valence-corrected chi connectivity index (χ2v) is 6.12. The smallest absolute Gasteiger partial charge is 0.193 e. The Morgan fingerprint density at radius 1 is 1.30 bits per heavy atom. The van der Waals surface area contributed by atoms with E-state index in [0.29, 0.717) is 22.7 Å². The number of nitrogens with one attached hydrogen (secondary N) is 1. The van der Waals surface area contributed by atoms with Crippen molar-refractivity contribution in [2.75, 3.05) is 5.32 Å². The van der Waals surface area contributed by atoms with Crippen LogP contribution in [0.4, 0.5) is 5.69 Å². The van der Waals surface area contributed by atoms with Crippen molar-refractivity contribution < 1.29 is 4.74 Å². The number of nitrogens with two attached hydrogens (primary N) is 1. The zero-order valence-corrected chi connectivity index (χ0v) is 14.8. The van der Waals surface area contributed by atoms with Crippen molar-refractivity contribution in [1.29, 1.82) is 0 Å². The molecule has 1 heterocycles. The summed E-state index contributed by atoms with van der Waals surface area (Å²) < 4.78 is 7.37. The fourth-order valence-electron chi connectivity index (χ4n) is 1.98. The molecule has 0 atom stereocenters. The van der Waals surface area contributed by atoms with Gasteiger partial charge in [-0.1, -0.05) is 23.2 Å². The number of benzene rings is 1. The molecule has 0 saturated carbocycles. The van der Waals surface area contributed by atoms with Gasteiger partial charge >= 0.3 is 0 Å². The Bertz CT molecular complexity index is 693. The highest BCUT2D eigenvalue weighted by Gasteiger charge is 2.08. The van der Waals surface area contributed by atoms with E-state index in [1.807, 2.05) is 45.2 Å². The van der Waals surface area contributed by atoms with Crippen LogP contribution in [0.2, 0.25) is 10.2 Å². The maximum Gasteiger partial charge on any atom is 0.193 e. The van der Waals surface area contributed by atoms with E-state index in [1.54, 1.807) is 10.6 Å². The molecular formula is C16H20Cl2N4O. The normalized spacial score (nSPS) is 11.8. The van der Waals surface area contributed by atoms with E-state index in [-0.39, 0.29) is 6.10 Å². The maximum atomic E-state index is 6.02. The summed E-state index contributed by atoms with van der Waals surface area (Å²) in [4.78, 5) is 4.29. The molecular weight excluding hydrogens is 335 g/mol. The van der Waals surface area contributed by atoms with Gasteiger partial charge in [-0.15, -0.1) is 0 Å². The molecule has 3 N–H and O–H groups in total. The summed E-state index contributed by atoms with van der Waals surface area (Å²) in [7, 11) is 1.83. The highest BCUT2D eigenvalue weighted by Crippen LogP contribution is 2.25. The molecule has 0 saturated heterocycles. The van der Waals surface area contributed by atoms with Gasteiger partial charge in [0.25, 0.3) is 0 Å². The maximum absolute atomic E-state index is 6.02. The zero-order valence-electron chi connectivity index (χ0n) is 13.3. The predicted octanol–water partition coefficient (Wildman–Crippen LogP) is 4.05. The van der Waals surface area contributed by atoms with Gasteiger partial charge in [-0.05, 0) is 44.2 Å². The van der Waals surface area contributed by atoms with Crippen molar-refractivity contribution in [1.82, 2.24) is 4.57 Å². The van der Waals surface area contributed by atoms with E-state index in [4.69, 9.17) is 33.7 Å². The number of aromatic nitrogens is 1. The van der Waals surface area contributed by atoms with Crippen LogP contribution in [-0.4, -0.2) is 16.6 Å². The molecule has 1 aromatic carbocycles. The highest BCUT2D eigenvalue weighted by atomic mass is 35.5. The molecule has 7 heteroatoms. The predicted molar refractivity (Wildman–Crippen MR) is 96.6 cm³/mol. The minimum absolute atomic E-state index is 0.143. The first-order valence-electron chi connectivity index (χ1n) is 7.20. The summed E-state index contributed by atoms with van der Waals surface area (Å²) in [5, 5.41) is 4.03. The molecule has 124 valence electrons. The van der Waals surface area contributed by atoms with E-state index >= 15 is 0 Å². The lowest BCUT2D eigenvalue weighted by molar-refractivity contribution is 0.242. The van der Waals surface area contributed by atoms with E-state index in [1.165, 1.54) is 0 Å². The Labute approximate surface area is 146 Å². The van der Waals surface area contributed by atoms with Gasteiger partial charge in [-0.3, -0.25) is 0 Å². The molecule has 23 heavy (non-hydrogen) atoms. The molecule has 2 rings (SSSR count). The van der Waals surface area contributed by atoms with Crippen molar-refractivity contribution >= 4 is 34.8 Å². The number of halogens is 2. The molecule has 0 spiro atoms. The van der Waals surface area contributed by atoms with Crippen LogP contribution in [0.1, 0.15) is 19.5 Å². The molecule has 0 aliphatic carbocycles. The molecule has 0 radical (unpaired) electrons. The van der Waals surface area contributed by atoms with Crippen molar-refractivity contribution in [2.45, 2.75) is 26.5 Å². The third-order valence-corrected chi connectivity index (χ3v) is 3.97. The lowest BCUT2D eigenvalue weighted by atomic mass is 10.3. The summed E-state index contributed by atoms with van der Waals surface area (Å²) >= 11 is 12.0. The van der Waals surface area contributed by atoms with Gasteiger partial charge in [-0.25, -0.2) is 4.99 Å². The molecule has 1 aromatic heterocycles. The number of ether oxygens (including phenoxy) is 1. The Balaban J connectivity index is 1.98. The van der Waals surface area contributed by atoms with E-state index in [0.717, 1.165) is 17.1 Å². The van der Waals surface area contributed by atoms with Gasteiger partial charge in [0.05, 0.1) is 17.7 Å². The van der Waals surface area contributed by atoms with Crippen LogP contribution in [0.3, 0.4) is 0 Å². The summed E-state index contributed by atoms with van der Waals surface area (Å²) in [6.45, 7) is 4.36. The first-order valence-corrected chi connectivity index (χ1v) is 7.95. The second-order valence-electron chi connectivity index (χ2n) is 5.35. The molecule has 0 aliphatic heterocycles. The zero-order chi connectivity index (χ0) is 17.0. The number of aliphatic imine (C=N–C) groups is 1. The molecule has 0 fully saturated rings. The second kappa shape index (κ2) is 7.62. The van der Waals surface area contributed by atoms with Crippen LogP contribution in [0.5, 0.6) is 5.75 Å². The molecule has 2 aromatic rings. The largest absolute Gasteiger partial charge is 0.491 e. The van der Waals surface area contributed by atoms with Crippen molar-refractivity contribution in [3.05, 3.63) is 46.2 Å². The van der Waals surface area contributed by atoms with E-state index in [9.17, 15) is 0 Å². The first-order chi connectivity index (χ1) is 10.9. The van der Waals surface area contributed by atoms with Crippen molar-refractivity contribution in [3.8, 4) is 5.75 Å². The lowest BCUT2D eigenvalue weighted by Gasteiger charge is -2.11. The number of nitrogens with zero attached hydrogens (tertiary/aromatic N) is 2. The number of hydrogen-bond acceptors (Lipinski definition) is 2. The third-order valence-electron chi connectivity index (χ3n) is 3.13. The fraction of sp³-hybridized carbons (Fsp3) is 0.312. The van der Waals surface area contributed by atoms with Gasteiger partial charge < -0.3 is 20.4 Å².